The van der Waals surface area contributed by atoms with Crippen molar-refractivity contribution in [3.63, 3.8) is 0 Å². The Balaban J connectivity index is 2.24. The minimum Gasteiger partial charge on any atom is -0.507 e. The smallest absolute Gasteiger partial charge is 0.258 e. The molecule has 1 amide bonds. The van der Waals surface area contributed by atoms with E-state index in [1.165, 1.54) is 0 Å². The lowest BCUT2D eigenvalue weighted by molar-refractivity contribution is 0.0926. The van der Waals surface area contributed by atoms with Crippen LogP contribution in [0.1, 0.15) is 41.4 Å². The molecule has 2 rings (SSSR count). The van der Waals surface area contributed by atoms with E-state index in [1.807, 2.05) is 0 Å². The van der Waals surface area contributed by atoms with Crippen molar-refractivity contribution in [3.8, 4) is 5.75 Å². The SMILES string of the molecule is CCC(NC(=O)c1c(O)cc(F)cc1F)c1n[nH]c(C)n1. The van der Waals surface area contributed by atoms with E-state index in [0.29, 0.717) is 30.2 Å². The third-order valence-electron chi connectivity index (χ3n) is 2.90. The van der Waals surface area contributed by atoms with E-state index >= 15 is 0 Å². The predicted octanol–water partition coefficient (Wildman–Crippen LogP) is 1.98. The van der Waals surface area contributed by atoms with Gasteiger partial charge in [-0.1, -0.05) is 6.92 Å². The molecule has 0 aliphatic heterocycles. The van der Waals surface area contributed by atoms with Gasteiger partial charge in [0.25, 0.3) is 5.91 Å². The van der Waals surface area contributed by atoms with Gasteiger partial charge in [-0.25, -0.2) is 13.8 Å². The number of aromatic amines is 1. The van der Waals surface area contributed by atoms with Crippen LogP contribution in [-0.4, -0.2) is 26.2 Å². The number of phenols is 1. The third kappa shape index (κ3) is 3.15. The summed E-state index contributed by atoms with van der Waals surface area (Å²) >= 11 is 0. The summed E-state index contributed by atoms with van der Waals surface area (Å²) in [5.74, 6) is -2.78. The van der Waals surface area contributed by atoms with Crippen LogP contribution in [0, 0.1) is 18.6 Å². The number of nitrogens with one attached hydrogen (secondary N) is 2. The molecule has 21 heavy (non-hydrogen) atoms. The number of nitrogens with zero attached hydrogens (tertiary/aromatic N) is 2. The molecule has 1 aromatic heterocycles. The summed E-state index contributed by atoms with van der Waals surface area (Å²) in [5, 5.41) is 18.6. The van der Waals surface area contributed by atoms with Gasteiger partial charge in [-0.3, -0.25) is 9.89 Å². The normalized spacial score (nSPS) is 12.2. The van der Waals surface area contributed by atoms with Crippen LogP contribution in [0.2, 0.25) is 0 Å². The van der Waals surface area contributed by atoms with Gasteiger partial charge in [0, 0.05) is 12.1 Å². The first-order chi connectivity index (χ1) is 9.92. The molecule has 0 aliphatic rings. The van der Waals surface area contributed by atoms with E-state index in [4.69, 9.17) is 0 Å². The van der Waals surface area contributed by atoms with E-state index in [1.54, 1.807) is 13.8 Å². The fourth-order valence-corrected chi connectivity index (χ4v) is 1.88. The van der Waals surface area contributed by atoms with Gasteiger partial charge in [0.1, 0.15) is 28.8 Å². The molecule has 112 valence electrons. The summed E-state index contributed by atoms with van der Waals surface area (Å²) in [7, 11) is 0. The highest BCUT2D eigenvalue weighted by Crippen LogP contribution is 2.23. The Morgan fingerprint density at radius 2 is 2.19 bits per heavy atom. The molecule has 0 saturated carbocycles. The molecule has 0 bridgehead atoms. The highest BCUT2D eigenvalue weighted by molar-refractivity contribution is 5.97. The number of aromatic hydroxyl groups is 1. The monoisotopic (exact) mass is 296 g/mol. The minimum absolute atomic E-state index is 0.352. The van der Waals surface area contributed by atoms with Gasteiger partial charge >= 0.3 is 0 Å². The molecule has 8 heteroatoms. The van der Waals surface area contributed by atoms with Crippen molar-refractivity contribution in [2.75, 3.05) is 0 Å². The van der Waals surface area contributed by atoms with Gasteiger partial charge in [-0.15, -0.1) is 0 Å². The lowest BCUT2D eigenvalue weighted by Gasteiger charge is -2.14. The number of hydrogen-bond donors (Lipinski definition) is 3. The van der Waals surface area contributed by atoms with Crippen LogP contribution in [-0.2, 0) is 0 Å². The first kappa shape index (κ1) is 14.9. The van der Waals surface area contributed by atoms with Crippen LogP contribution in [0.4, 0.5) is 8.78 Å². The van der Waals surface area contributed by atoms with Crippen LogP contribution < -0.4 is 5.32 Å². The van der Waals surface area contributed by atoms with E-state index in [0.717, 1.165) is 0 Å². The number of phenolic OH excluding ortho intramolecular Hbond substituents is 1. The van der Waals surface area contributed by atoms with Crippen molar-refractivity contribution in [2.45, 2.75) is 26.3 Å². The summed E-state index contributed by atoms with van der Waals surface area (Å²) in [6.45, 7) is 3.49. The standard InChI is InChI=1S/C13H14F2N4O2/c1-3-9(12-16-6(2)18-19-12)17-13(21)11-8(15)4-7(14)5-10(11)20/h4-5,9,20H,3H2,1-2H3,(H,17,21)(H,16,18,19). The van der Waals surface area contributed by atoms with Crippen molar-refractivity contribution in [1.82, 2.24) is 20.5 Å². The Kier molecular flexibility index (Phi) is 4.15. The zero-order valence-corrected chi connectivity index (χ0v) is 11.4. The summed E-state index contributed by atoms with van der Waals surface area (Å²) in [6.07, 6.45) is 0.465. The van der Waals surface area contributed by atoms with Crippen LogP contribution in [0.5, 0.6) is 5.75 Å². The number of aryl methyl sites for hydroxylation is 1. The van der Waals surface area contributed by atoms with Gasteiger partial charge in [-0.2, -0.15) is 5.10 Å². The maximum atomic E-state index is 13.6. The molecule has 1 heterocycles. The zero-order valence-electron chi connectivity index (χ0n) is 11.4. The second-order valence-corrected chi connectivity index (χ2v) is 4.50. The van der Waals surface area contributed by atoms with Gasteiger partial charge < -0.3 is 10.4 Å². The molecule has 0 saturated heterocycles. The number of benzene rings is 1. The first-order valence-electron chi connectivity index (χ1n) is 6.30. The van der Waals surface area contributed by atoms with Crippen molar-refractivity contribution in [3.05, 3.63) is 41.0 Å². The van der Waals surface area contributed by atoms with Crippen molar-refractivity contribution in [2.24, 2.45) is 0 Å². The average Bonchev–Trinajstić information content (AvgIpc) is 2.81. The first-order valence-corrected chi connectivity index (χ1v) is 6.30. The highest BCUT2D eigenvalue weighted by atomic mass is 19.1. The fourth-order valence-electron chi connectivity index (χ4n) is 1.88. The molecule has 0 fully saturated rings. The molecule has 1 aromatic carbocycles. The second-order valence-electron chi connectivity index (χ2n) is 4.50. The molecular weight excluding hydrogens is 282 g/mol. The minimum atomic E-state index is -1.13. The lowest BCUT2D eigenvalue weighted by Crippen LogP contribution is -2.29. The number of carbonyl (C=O) groups excluding carboxylic acids is 1. The maximum absolute atomic E-state index is 13.6. The number of carbonyl (C=O) groups is 1. The Hall–Kier alpha value is -2.51. The Labute approximate surface area is 119 Å². The number of halogens is 2. The largest absolute Gasteiger partial charge is 0.507 e. The van der Waals surface area contributed by atoms with Crippen molar-refractivity contribution < 1.29 is 18.7 Å². The molecule has 1 unspecified atom stereocenters. The van der Waals surface area contributed by atoms with E-state index < -0.39 is 34.9 Å². The molecule has 0 radical (unpaired) electrons. The average molecular weight is 296 g/mol. The van der Waals surface area contributed by atoms with Crippen molar-refractivity contribution in [1.29, 1.82) is 0 Å². The molecule has 0 aliphatic carbocycles. The quantitative estimate of drug-likeness (QED) is 0.804. The molecule has 1 atom stereocenters. The van der Waals surface area contributed by atoms with Crippen LogP contribution >= 0.6 is 0 Å². The summed E-state index contributed by atoms with van der Waals surface area (Å²) in [4.78, 5) is 16.1. The second kappa shape index (κ2) is 5.86. The van der Waals surface area contributed by atoms with Gasteiger partial charge in [-0.05, 0) is 13.3 Å². The van der Waals surface area contributed by atoms with E-state index in [2.05, 4.69) is 20.5 Å². The van der Waals surface area contributed by atoms with E-state index in [-0.39, 0.29) is 0 Å². The number of aromatic nitrogens is 3. The molecule has 0 spiro atoms. The Morgan fingerprint density at radius 3 is 2.71 bits per heavy atom. The molecular formula is C13H14F2N4O2. The third-order valence-corrected chi connectivity index (χ3v) is 2.90. The number of rotatable bonds is 4. The molecule has 6 nitrogen and oxygen atoms in total. The summed E-state index contributed by atoms with van der Waals surface area (Å²) in [5.41, 5.74) is -0.609. The molecule has 2 aromatic rings. The Bertz CT molecular complexity index is 649. The maximum Gasteiger partial charge on any atom is 0.258 e. The van der Waals surface area contributed by atoms with Crippen LogP contribution in [0.25, 0.3) is 0 Å². The van der Waals surface area contributed by atoms with Crippen LogP contribution in [0.15, 0.2) is 12.1 Å². The van der Waals surface area contributed by atoms with Crippen molar-refractivity contribution >= 4 is 5.91 Å². The molecule has 3 N–H and O–H groups in total. The Morgan fingerprint density at radius 1 is 1.48 bits per heavy atom. The van der Waals surface area contributed by atoms with Crippen LogP contribution in [0.3, 0.4) is 0 Å². The predicted molar refractivity (Wildman–Crippen MR) is 69.6 cm³/mol. The highest BCUT2D eigenvalue weighted by Gasteiger charge is 2.23. The van der Waals surface area contributed by atoms with E-state index in [9.17, 15) is 18.7 Å². The van der Waals surface area contributed by atoms with Gasteiger partial charge in [0.2, 0.25) is 0 Å². The van der Waals surface area contributed by atoms with Gasteiger partial charge in [0.05, 0.1) is 6.04 Å². The topological polar surface area (TPSA) is 90.9 Å². The summed E-state index contributed by atoms with van der Waals surface area (Å²) < 4.78 is 26.5. The number of amides is 1. The van der Waals surface area contributed by atoms with Gasteiger partial charge in [0.15, 0.2) is 5.82 Å². The summed E-state index contributed by atoms with van der Waals surface area (Å²) in [6, 6.07) is 0.661. The number of H-pyrrole nitrogens is 1. The number of hydrogen-bond acceptors (Lipinski definition) is 4. The fraction of sp³-hybridized carbons (Fsp3) is 0.308. The zero-order chi connectivity index (χ0) is 15.6. The lowest BCUT2D eigenvalue weighted by atomic mass is 10.1.